The third-order valence-corrected chi connectivity index (χ3v) is 2.13. The Hall–Kier alpha value is 0. The predicted octanol–water partition coefficient (Wildman–Crippen LogP) is 8.56. The summed E-state index contributed by atoms with van der Waals surface area (Å²) in [5.74, 6) is 2.12. The summed E-state index contributed by atoms with van der Waals surface area (Å²) < 4.78 is 0. The van der Waals surface area contributed by atoms with E-state index in [2.05, 4.69) is 13.8 Å². The first kappa shape index (κ1) is 68.0. The van der Waals surface area contributed by atoms with Crippen molar-refractivity contribution in [3.63, 3.8) is 0 Å². The average Bonchev–Trinajstić information content (AvgIpc) is 2.50. The Balaban J connectivity index is -0.0000000102. The Labute approximate surface area is 119 Å². The minimum Gasteiger partial charge on any atom is -0.0776 e. The zero-order chi connectivity index (χ0) is 5.98. The van der Waals surface area contributed by atoms with Crippen LogP contribution in [0.2, 0.25) is 0 Å². The minimum atomic E-state index is 0. The molecule has 0 aromatic heterocycles. The van der Waals surface area contributed by atoms with Crippen LogP contribution in [-0.4, -0.2) is 0 Å². The van der Waals surface area contributed by atoms with Gasteiger partial charge in [0.2, 0.25) is 0 Å². The van der Waals surface area contributed by atoms with Crippen molar-refractivity contribution in [3.05, 3.63) is 0 Å². The van der Waals surface area contributed by atoms with E-state index in [1.807, 2.05) is 0 Å². The molecule has 0 aromatic carbocycles. The van der Waals surface area contributed by atoms with Gasteiger partial charge in [0.25, 0.3) is 0 Å². The van der Waals surface area contributed by atoms with E-state index in [0.29, 0.717) is 0 Å². The lowest BCUT2D eigenvalue weighted by molar-refractivity contribution is 0.482. The van der Waals surface area contributed by atoms with E-state index in [1.165, 1.54) is 25.7 Å². The normalized spacial score (nSPS) is 10.9. The van der Waals surface area contributed by atoms with Crippen LogP contribution in [0.5, 0.6) is 0 Å². The first-order valence-electron chi connectivity index (χ1n) is 3.83. The van der Waals surface area contributed by atoms with E-state index >= 15 is 0 Å². The van der Waals surface area contributed by atoms with Crippen LogP contribution in [0.15, 0.2) is 0 Å². The molecule has 1 atom stereocenters. The van der Waals surface area contributed by atoms with Crippen LogP contribution in [-0.2, 0) is 0 Å². The van der Waals surface area contributed by atoms with Crippen molar-refractivity contribution in [2.45, 2.75) is 106 Å². The fraction of sp³-hybridized carbons (Fsp3) is 1.00. The molecule has 0 bridgehead atoms. The molecule has 0 heterocycles. The molecule has 1 aliphatic rings. The summed E-state index contributed by atoms with van der Waals surface area (Å²) in [6.07, 6.45) is 5.90. The zero-order valence-electron chi connectivity index (χ0n) is 5.98. The predicted molar refractivity (Wildman–Crippen MR) is 97.4 cm³/mol. The monoisotopic (exact) mass is 256 g/mol. The molecule has 17 heavy (non-hydrogen) atoms. The van der Waals surface area contributed by atoms with Crippen molar-refractivity contribution in [1.29, 1.82) is 0 Å². The van der Waals surface area contributed by atoms with Crippen LogP contribution in [0.25, 0.3) is 0 Å². The van der Waals surface area contributed by atoms with E-state index in [9.17, 15) is 0 Å². The molecule has 0 spiro atoms. The highest BCUT2D eigenvalue weighted by molar-refractivity contribution is 4.74. The standard InChI is InChI=1S/C8H16.9CH4/c1-3-7(2)6-8-4-5-8;;;;;;;;;/h7-8H,3-6H2,1-2H3;9*1H4. The van der Waals surface area contributed by atoms with Gasteiger partial charge in [0, 0.05) is 0 Å². The quantitative estimate of drug-likeness (QED) is 0.474. The van der Waals surface area contributed by atoms with Gasteiger partial charge in [-0.1, -0.05) is 99.9 Å². The molecule has 0 amide bonds. The van der Waals surface area contributed by atoms with Gasteiger partial charge in [0.05, 0.1) is 0 Å². The molecule has 0 N–H and O–H groups in total. The molecule has 1 unspecified atom stereocenters. The summed E-state index contributed by atoms with van der Waals surface area (Å²) >= 11 is 0. The Morgan fingerprint density at radius 1 is 0.765 bits per heavy atom. The highest BCUT2D eigenvalue weighted by Crippen LogP contribution is 2.35. The van der Waals surface area contributed by atoms with Crippen molar-refractivity contribution in [2.24, 2.45) is 11.8 Å². The lowest BCUT2D eigenvalue weighted by Crippen LogP contribution is -1.91. The van der Waals surface area contributed by atoms with Crippen LogP contribution < -0.4 is 0 Å². The maximum absolute atomic E-state index is 2.36. The van der Waals surface area contributed by atoms with Gasteiger partial charge in [0.1, 0.15) is 0 Å². The Morgan fingerprint density at radius 3 is 1.24 bits per heavy atom. The second kappa shape index (κ2) is 36.0. The van der Waals surface area contributed by atoms with Crippen LogP contribution in [0.1, 0.15) is 106 Å². The molecule has 1 saturated carbocycles. The van der Waals surface area contributed by atoms with Gasteiger partial charge in [-0.05, 0) is 18.3 Å². The topological polar surface area (TPSA) is 0 Å². The van der Waals surface area contributed by atoms with Crippen LogP contribution >= 0.6 is 0 Å². The second-order valence-corrected chi connectivity index (χ2v) is 3.19. The molecule has 1 rings (SSSR count). The van der Waals surface area contributed by atoms with E-state index in [1.54, 1.807) is 0 Å². The summed E-state index contributed by atoms with van der Waals surface area (Å²) in [4.78, 5) is 0. The van der Waals surface area contributed by atoms with Crippen LogP contribution in [0.3, 0.4) is 0 Å². The molecule has 0 saturated heterocycles. The van der Waals surface area contributed by atoms with E-state index < -0.39 is 0 Å². The minimum absolute atomic E-state index is 0. The molecule has 0 aliphatic heterocycles. The molecule has 0 aromatic rings. The molecular weight excluding hydrogens is 204 g/mol. The zero-order valence-corrected chi connectivity index (χ0v) is 5.98. The summed E-state index contributed by atoms with van der Waals surface area (Å²) in [6.45, 7) is 4.64. The van der Waals surface area contributed by atoms with Crippen molar-refractivity contribution >= 4 is 0 Å². The lowest BCUT2D eigenvalue weighted by atomic mass is 10.0. The van der Waals surface area contributed by atoms with Crippen molar-refractivity contribution < 1.29 is 0 Å². The molecule has 0 radical (unpaired) electrons. The van der Waals surface area contributed by atoms with Gasteiger partial charge >= 0.3 is 0 Å². The van der Waals surface area contributed by atoms with Crippen molar-refractivity contribution in [3.8, 4) is 0 Å². The van der Waals surface area contributed by atoms with Crippen molar-refractivity contribution in [1.82, 2.24) is 0 Å². The molecular formula is C17H52. The highest BCUT2D eigenvalue weighted by Gasteiger charge is 2.22. The van der Waals surface area contributed by atoms with Gasteiger partial charge in [-0.2, -0.15) is 0 Å². The van der Waals surface area contributed by atoms with Crippen molar-refractivity contribution in [2.75, 3.05) is 0 Å². The Morgan fingerprint density at radius 2 is 1.06 bits per heavy atom. The van der Waals surface area contributed by atoms with E-state index in [-0.39, 0.29) is 66.8 Å². The van der Waals surface area contributed by atoms with Gasteiger partial charge in [-0.15, -0.1) is 0 Å². The van der Waals surface area contributed by atoms with Gasteiger partial charge < -0.3 is 0 Å². The maximum Gasteiger partial charge on any atom is -0.0412 e. The van der Waals surface area contributed by atoms with Gasteiger partial charge in [-0.3, -0.25) is 0 Å². The number of hydrogen-bond acceptors (Lipinski definition) is 0. The van der Waals surface area contributed by atoms with Gasteiger partial charge in [-0.25, -0.2) is 0 Å². The van der Waals surface area contributed by atoms with Crippen LogP contribution in [0, 0.1) is 11.8 Å². The maximum atomic E-state index is 2.36. The summed E-state index contributed by atoms with van der Waals surface area (Å²) in [5.41, 5.74) is 0. The fourth-order valence-electron chi connectivity index (χ4n) is 1.09. The second-order valence-electron chi connectivity index (χ2n) is 3.19. The largest absolute Gasteiger partial charge is 0.0776 e. The van der Waals surface area contributed by atoms with E-state index in [0.717, 1.165) is 11.8 Å². The summed E-state index contributed by atoms with van der Waals surface area (Å²) in [5, 5.41) is 0. The summed E-state index contributed by atoms with van der Waals surface area (Å²) in [6, 6.07) is 0. The SMILES string of the molecule is C.C.C.C.C.C.C.C.C.CCC(C)CC1CC1. The summed E-state index contributed by atoms with van der Waals surface area (Å²) in [7, 11) is 0. The Kier molecular flexibility index (Phi) is 144. The molecule has 1 fully saturated rings. The first-order chi connectivity index (χ1) is 3.83. The Bertz CT molecular complexity index is 62.4. The van der Waals surface area contributed by atoms with Crippen LogP contribution in [0.4, 0.5) is 0 Å². The fourth-order valence-corrected chi connectivity index (χ4v) is 1.09. The number of rotatable bonds is 3. The lowest BCUT2D eigenvalue weighted by Gasteiger charge is -2.04. The molecule has 1 aliphatic carbocycles. The smallest absolute Gasteiger partial charge is 0.0412 e. The van der Waals surface area contributed by atoms with E-state index in [4.69, 9.17) is 0 Å². The molecule has 0 heteroatoms. The molecule has 0 nitrogen and oxygen atoms in total. The number of hydrogen-bond donors (Lipinski definition) is 0. The van der Waals surface area contributed by atoms with Gasteiger partial charge in [0.15, 0.2) is 0 Å². The highest BCUT2D eigenvalue weighted by atomic mass is 14.3. The average molecular weight is 257 g/mol. The third-order valence-electron chi connectivity index (χ3n) is 2.13. The molecule has 120 valence electrons. The first-order valence-corrected chi connectivity index (χ1v) is 3.83. The third kappa shape index (κ3) is 38.7.